The molecule has 1 atom stereocenters. The Morgan fingerprint density at radius 2 is 1.62 bits per heavy atom. The van der Waals surface area contributed by atoms with Crippen LogP contribution in [0.1, 0.15) is 32.8 Å². The van der Waals surface area contributed by atoms with Crippen molar-refractivity contribution in [2.45, 2.75) is 44.7 Å². The molecule has 0 unspecified atom stereocenters. The molecular formula is C29H33Cl2N3O5S. The third kappa shape index (κ3) is 7.90. The zero-order valence-electron chi connectivity index (χ0n) is 22.6. The van der Waals surface area contributed by atoms with E-state index in [-0.39, 0.29) is 17.3 Å². The molecule has 8 nitrogen and oxygen atoms in total. The van der Waals surface area contributed by atoms with Gasteiger partial charge >= 0.3 is 0 Å². The molecule has 0 radical (unpaired) electrons. The van der Waals surface area contributed by atoms with Crippen molar-refractivity contribution in [3.05, 3.63) is 88.4 Å². The molecule has 1 N–H and O–H groups in total. The number of ether oxygens (including phenoxy) is 1. The largest absolute Gasteiger partial charge is 0.494 e. The van der Waals surface area contributed by atoms with Crippen LogP contribution in [0.4, 0.5) is 5.69 Å². The molecule has 0 aromatic heterocycles. The van der Waals surface area contributed by atoms with Crippen LogP contribution < -0.4 is 14.4 Å². The minimum atomic E-state index is -4.17. The van der Waals surface area contributed by atoms with Gasteiger partial charge in [0.25, 0.3) is 10.0 Å². The van der Waals surface area contributed by atoms with E-state index in [4.69, 9.17) is 27.9 Å². The molecular weight excluding hydrogens is 573 g/mol. The van der Waals surface area contributed by atoms with Gasteiger partial charge in [-0.25, -0.2) is 8.42 Å². The second-order valence-electron chi connectivity index (χ2n) is 8.99. The summed E-state index contributed by atoms with van der Waals surface area (Å²) in [5.41, 5.74) is 0.945. The molecule has 0 aliphatic heterocycles. The topological polar surface area (TPSA) is 96.0 Å². The predicted molar refractivity (Wildman–Crippen MR) is 158 cm³/mol. The van der Waals surface area contributed by atoms with Crippen LogP contribution in [0.3, 0.4) is 0 Å². The van der Waals surface area contributed by atoms with Gasteiger partial charge < -0.3 is 15.0 Å². The lowest BCUT2D eigenvalue weighted by Crippen LogP contribution is -2.51. The van der Waals surface area contributed by atoms with Crippen molar-refractivity contribution in [1.29, 1.82) is 0 Å². The molecule has 0 aliphatic rings. The van der Waals surface area contributed by atoms with Gasteiger partial charge in [-0.05, 0) is 74.4 Å². The van der Waals surface area contributed by atoms with Gasteiger partial charge in [-0.3, -0.25) is 13.9 Å². The minimum Gasteiger partial charge on any atom is -0.494 e. The lowest BCUT2D eigenvalue weighted by atomic mass is 10.1. The van der Waals surface area contributed by atoms with Gasteiger partial charge in [-0.15, -0.1) is 0 Å². The third-order valence-corrected chi connectivity index (χ3v) is 8.63. The zero-order chi connectivity index (χ0) is 29.3. The van der Waals surface area contributed by atoms with Gasteiger partial charge in [0, 0.05) is 13.1 Å². The van der Waals surface area contributed by atoms with E-state index in [0.29, 0.717) is 40.2 Å². The lowest BCUT2D eigenvalue weighted by molar-refractivity contribution is -0.139. The number of carbonyl (C=O) groups is 2. The monoisotopic (exact) mass is 605 g/mol. The quantitative estimate of drug-likeness (QED) is 0.276. The highest BCUT2D eigenvalue weighted by atomic mass is 35.5. The summed E-state index contributed by atoms with van der Waals surface area (Å²) in [6, 6.07) is 18.4. The lowest BCUT2D eigenvalue weighted by Gasteiger charge is -2.32. The Hall–Kier alpha value is -3.27. The number of hydrogen-bond donors (Lipinski definition) is 1. The Morgan fingerprint density at radius 1 is 0.950 bits per heavy atom. The van der Waals surface area contributed by atoms with Crippen molar-refractivity contribution >= 4 is 50.7 Å². The average Bonchev–Trinajstić information content (AvgIpc) is 2.95. The maximum Gasteiger partial charge on any atom is 0.264 e. The molecule has 3 aromatic carbocycles. The van der Waals surface area contributed by atoms with Crippen molar-refractivity contribution in [3.63, 3.8) is 0 Å². The van der Waals surface area contributed by atoms with Crippen molar-refractivity contribution in [2.75, 3.05) is 24.0 Å². The molecule has 2 amide bonds. The number of amides is 2. The highest BCUT2D eigenvalue weighted by Crippen LogP contribution is 2.27. The molecule has 3 rings (SSSR count). The summed E-state index contributed by atoms with van der Waals surface area (Å²) in [6.07, 6.45) is 0.724. The summed E-state index contributed by atoms with van der Waals surface area (Å²) < 4.78 is 34.2. The van der Waals surface area contributed by atoms with Gasteiger partial charge in [0.1, 0.15) is 18.3 Å². The fourth-order valence-corrected chi connectivity index (χ4v) is 5.67. The minimum absolute atomic E-state index is 0.00243. The predicted octanol–water partition coefficient (Wildman–Crippen LogP) is 5.53. The average molecular weight is 607 g/mol. The molecule has 11 heteroatoms. The first kappa shape index (κ1) is 31.3. The second kappa shape index (κ2) is 14.4. The molecule has 0 heterocycles. The summed E-state index contributed by atoms with van der Waals surface area (Å²) in [4.78, 5) is 28.1. The summed E-state index contributed by atoms with van der Waals surface area (Å²) in [5.74, 6) is -0.386. The van der Waals surface area contributed by atoms with E-state index >= 15 is 0 Å². The number of benzene rings is 3. The van der Waals surface area contributed by atoms with E-state index in [1.165, 1.54) is 17.0 Å². The number of anilines is 1. The second-order valence-corrected chi connectivity index (χ2v) is 11.7. The first-order valence-corrected chi connectivity index (χ1v) is 15.1. The number of halogens is 2. The van der Waals surface area contributed by atoms with Crippen LogP contribution in [0.25, 0.3) is 0 Å². The van der Waals surface area contributed by atoms with Crippen molar-refractivity contribution < 1.29 is 22.7 Å². The van der Waals surface area contributed by atoms with E-state index < -0.39 is 28.5 Å². The number of nitrogens with zero attached hydrogens (tertiary/aromatic N) is 2. The van der Waals surface area contributed by atoms with E-state index in [1.54, 1.807) is 67.6 Å². The fraction of sp³-hybridized carbons (Fsp3) is 0.310. The molecule has 0 aliphatic carbocycles. The van der Waals surface area contributed by atoms with E-state index in [1.807, 2.05) is 13.8 Å². The highest BCUT2D eigenvalue weighted by molar-refractivity contribution is 7.92. The van der Waals surface area contributed by atoms with Gasteiger partial charge in [0.15, 0.2) is 0 Å². The summed E-state index contributed by atoms with van der Waals surface area (Å²) in [6.45, 7) is 5.73. The third-order valence-electron chi connectivity index (χ3n) is 6.10. The number of para-hydroxylation sites is 1. The van der Waals surface area contributed by atoms with Crippen molar-refractivity contribution in [1.82, 2.24) is 10.2 Å². The van der Waals surface area contributed by atoms with Gasteiger partial charge in [-0.2, -0.15) is 0 Å². The Kier molecular flexibility index (Phi) is 11.2. The number of sulfonamides is 1. The van der Waals surface area contributed by atoms with E-state index in [0.717, 1.165) is 10.7 Å². The molecule has 3 aromatic rings. The molecule has 0 saturated heterocycles. The Morgan fingerprint density at radius 3 is 2.23 bits per heavy atom. The molecule has 0 spiro atoms. The number of hydrogen-bond acceptors (Lipinski definition) is 5. The molecule has 0 saturated carbocycles. The Labute approximate surface area is 245 Å². The van der Waals surface area contributed by atoms with Gasteiger partial charge in [-0.1, -0.05) is 54.4 Å². The van der Waals surface area contributed by atoms with Crippen LogP contribution in [0, 0.1) is 0 Å². The first-order valence-electron chi connectivity index (χ1n) is 12.9. The maximum atomic E-state index is 13.9. The Balaban J connectivity index is 1.99. The number of rotatable bonds is 13. The van der Waals surface area contributed by atoms with Crippen LogP contribution in [-0.4, -0.2) is 50.9 Å². The van der Waals surface area contributed by atoms with Crippen molar-refractivity contribution in [2.24, 2.45) is 0 Å². The smallest absolute Gasteiger partial charge is 0.264 e. The summed E-state index contributed by atoms with van der Waals surface area (Å²) >= 11 is 12.3. The first-order chi connectivity index (χ1) is 19.1. The van der Waals surface area contributed by atoms with Crippen LogP contribution >= 0.6 is 23.2 Å². The molecule has 40 heavy (non-hydrogen) atoms. The van der Waals surface area contributed by atoms with Crippen LogP contribution in [0.2, 0.25) is 10.0 Å². The molecule has 0 fully saturated rings. The van der Waals surface area contributed by atoms with Crippen LogP contribution in [0.15, 0.2) is 77.7 Å². The molecule has 214 valence electrons. The maximum absolute atomic E-state index is 13.9. The SMILES string of the molecule is CCCNC(=O)[C@@H](C)N(Cc1ccc(Cl)c(Cl)c1)C(=O)CN(c1ccccc1)S(=O)(=O)c1ccc(OCC)cc1. The fourth-order valence-electron chi connectivity index (χ4n) is 3.94. The number of nitrogens with one attached hydrogen (secondary N) is 1. The standard InChI is InChI=1S/C29H33Cl2N3O5S/c1-4-17-32-29(36)21(3)33(19-22-11-16-26(30)27(31)18-22)28(35)20-34(23-9-7-6-8-10-23)40(37,38)25-14-12-24(13-15-25)39-5-2/h6-16,18,21H,4-5,17,19-20H2,1-3H3,(H,32,36)/t21-/m1/s1. The summed E-state index contributed by atoms with van der Waals surface area (Å²) in [7, 11) is -4.17. The normalized spacial score (nSPS) is 11.9. The van der Waals surface area contributed by atoms with Gasteiger partial charge in [0.2, 0.25) is 11.8 Å². The number of carbonyl (C=O) groups excluding carboxylic acids is 2. The molecule has 0 bridgehead atoms. The van der Waals surface area contributed by atoms with E-state index in [2.05, 4.69) is 5.32 Å². The van der Waals surface area contributed by atoms with Crippen molar-refractivity contribution in [3.8, 4) is 5.75 Å². The summed E-state index contributed by atoms with van der Waals surface area (Å²) in [5, 5.41) is 3.47. The zero-order valence-corrected chi connectivity index (χ0v) is 25.0. The highest BCUT2D eigenvalue weighted by Gasteiger charge is 2.32. The van der Waals surface area contributed by atoms with Gasteiger partial charge in [0.05, 0.1) is 27.2 Å². The Bertz CT molecular complexity index is 1400. The van der Waals surface area contributed by atoms with Crippen LogP contribution in [-0.2, 0) is 26.2 Å². The van der Waals surface area contributed by atoms with Crippen LogP contribution in [0.5, 0.6) is 5.75 Å². The van der Waals surface area contributed by atoms with E-state index in [9.17, 15) is 18.0 Å².